The van der Waals surface area contributed by atoms with Gasteiger partial charge in [-0.25, -0.2) is 0 Å². The van der Waals surface area contributed by atoms with Crippen LogP contribution in [0.4, 0.5) is 0 Å². The molecule has 0 aromatic rings. The van der Waals surface area contributed by atoms with Crippen LogP contribution in [0.3, 0.4) is 0 Å². The number of aliphatic hydroxyl groups is 1. The maximum absolute atomic E-state index is 10.2. The van der Waals surface area contributed by atoms with Gasteiger partial charge in [-0.15, -0.1) is 0 Å². The first-order valence-electron chi connectivity index (χ1n) is 8.38. The van der Waals surface area contributed by atoms with Crippen molar-refractivity contribution in [1.29, 1.82) is 0 Å². The Balaban J connectivity index is 0. The fourth-order valence-corrected chi connectivity index (χ4v) is 2.12. The normalized spacial score (nSPS) is 11.1. The van der Waals surface area contributed by atoms with Crippen LogP contribution in [0.5, 0.6) is 0 Å². The van der Waals surface area contributed by atoms with E-state index in [0.717, 1.165) is 51.4 Å². The molecule has 3 nitrogen and oxygen atoms in total. The smallest absolute Gasteiger partial charge is 0.550 e. The Hall–Kier alpha value is -0.0900. The number of hydrogen-bond donors (Lipinski definition) is 1. The summed E-state index contributed by atoms with van der Waals surface area (Å²) >= 11 is 0. The first kappa shape index (κ1) is 24.2. The number of carboxylic acid groups (broad SMARTS) is 1. The van der Waals surface area contributed by atoms with Gasteiger partial charge < -0.3 is 15.0 Å². The molecule has 0 aliphatic rings. The number of aliphatic carboxylic acids is 1. The van der Waals surface area contributed by atoms with Crippen molar-refractivity contribution in [2.75, 3.05) is 6.61 Å². The van der Waals surface area contributed by atoms with Gasteiger partial charge in [0.05, 0.1) is 0 Å². The molecule has 122 valence electrons. The minimum absolute atomic E-state index is 0. The van der Waals surface area contributed by atoms with Gasteiger partial charge in [-0.1, -0.05) is 50.0 Å². The number of aliphatic hydroxyl groups excluding tert-OH is 1. The molecular formula is C18H31NaO3. The van der Waals surface area contributed by atoms with Crippen molar-refractivity contribution in [3.8, 4) is 0 Å². The zero-order chi connectivity index (χ0) is 15.6. The molecule has 0 saturated carbocycles. The molecule has 4 heteroatoms. The van der Waals surface area contributed by atoms with Crippen LogP contribution in [0.1, 0.15) is 77.0 Å². The molecule has 1 N–H and O–H groups in total. The van der Waals surface area contributed by atoms with E-state index in [2.05, 4.69) is 24.3 Å². The average molecular weight is 318 g/mol. The Morgan fingerprint density at radius 2 is 1.27 bits per heavy atom. The van der Waals surface area contributed by atoms with Gasteiger partial charge in [-0.2, -0.15) is 0 Å². The summed E-state index contributed by atoms with van der Waals surface area (Å²) in [5, 5.41) is 18.9. The molecule has 0 aromatic heterocycles. The maximum Gasteiger partial charge on any atom is 1.00 e. The van der Waals surface area contributed by atoms with Crippen molar-refractivity contribution in [1.82, 2.24) is 0 Å². The molecule has 0 saturated heterocycles. The molecule has 0 heterocycles. The minimum Gasteiger partial charge on any atom is -0.550 e. The standard InChI is InChI=1S/C18H32O3.Na/c19-17-15-13-11-9-7-5-3-1-2-4-6-8-10-12-14-16-18(20)21;/h1-2,5,7,19H,3-4,6,8-17H2,(H,20,21);/q;+1/p-1/b2-1-,7-5-;. The Morgan fingerprint density at radius 1 is 0.773 bits per heavy atom. The second kappa shape index (κ2) is 20.9. The summed E-state index contributed by atoms with van der Waals surface area (Å²) in [7, 11) is 0. The SMILES string of the molecule is O=C([O-])CCCCCCC/C=C\C/C=C\CCCCCO.[Na+]. The Bertz CT molecular complexity index is 288. The van der Waals surface area contributed by atoms with Crippen LogP contribution in [-0.4, -0.2) is 17.7 Å². The van der Waals surface area contributed by atoms with Crippen molar-refractivity contribution >= 4 is 5.97 Å². The summed E-state index contributed by atoms with van der Waals surface area (Å²) in [6.07, 6.45) is 20.7. The largest absolute Gasteiger partial charge is 1.00 e. The third kappa shape index (κ3) is 22.2. The number of carbonyl (C=O) groups is 1. The number of carbonyl (C=O) groups excluding carboxylic acids is 1. The summed E-state index contributed by atoms with van der Waals surface area (Å²) in [5.74, 6) is -0.931. The number of unbranched alkanes of at least 4 members (excludes halogenated alkanes) is 8. The molecular weight excluding hydrogens is 287 g/mol. The van der Waals surface area contributed by atoms with E-state index >= 15 is 0 Å². The monoisotopic (exact) mass is 318 g/mol. The van der Waals surface area contributed by atoms with E-state index in [1.165, 1.54) is 19.3 Å². The number of carboxylic acids is 1. The molecule has 0 bridgehead atoms. The first-order chi connectivity index (χ1) is 10.3. The molecule has 22 heavy (non-hydrogen) atoms. The third-order valence-corrected chi connectivity index (χ3v) is 3.39. The van der Waals surface area contributed by atoms with Crippen LogP contribution < -0.4 is 34.7 Å². The van der Waals surface area contributed by atoms with Gasteiger partial charge in [-0.3, -0.25) is 0 Å². The molecule has 0 atom stereocenters. The maximum atomic E-state index is 10.2. The van der Waals surface area contributed by atoms with Crippen LogP contribution >= 0.6 is 0 Å². The topological polar surface area (TPSA) is 60.4 Å². The summed E-state index contributed by atoms with van der Waals surface area (Å²) in [6, 6.07) is 0. The Labute approximate surface area is 158 Å². The molecule has 0 unspecified atom stereocenters. The Morgan fingerprint density at radius 3 is 1.82 bits per heavy atom. The van der Waals surface area contributed by atoms with Gasteiger partial charge in [0.2, 0.25) is 0 Å². The van der Waals surface area contributed by atoms with Crippen LogP contribution in [0.25, 0.3) is 0 Å². The van der Waals surface area contributed by atoms with Crippen LogP contribution in [0, 0.1) is 0 Å². The summed E-state index contributed by atoms with van der Waals surface area (Å²) in [4.78, 5) is 10.2. The second-order valence-corrected chi connectivity index (χ2v) is 5.43. The van der Waals surface area contributed by atoms with Gasteiger partial charge in [-0.05, 0) is 51.4 Å². The van der Waals surface area contributed by atoms with Crippen molar-refractivity contribution in [3.63, 3.8) is 0 Å². The van der Waals surface area contributed by atoms with Gasteiger partial charge in [0.25, 0.3) is 0 Å². The zero-order valence-electron chi connectivity index (χ0n) is 14.3. The van der Waals surface area contributed by atoms with E-state index in [1.807, 2.05) is 0 Å². The minimum atomic E-state index is -0.931. The fraction of sp³-hybridized carbons (Fsp3) is 0.722. The van der Waals surface area contributed by atoms with Gasteiger partial charge in [0.15, 0.2) is 0 Å². The summed E-state index contributed by atoms with van der Waals surface area (Å²) in [6.45, 7) is 0.309. The molecule has 0 spiro atoms. The van der Waals surface area contributed by atoms with E-state index in [1.54, 1.807) is 0 Å². The second-order valence-electron chi connectivity index (χ2n) is 5.43. The molecule has 0 rings (SSSR count). The van der Waals surface area contributed by atoms with E-state index in [9.17, 15) is 9.90 Å². The summed E-state index contributed by atoms with van der Waals surface area (Å²) < 4.78 is 0. The molecule has 0 aliphatic heterocycles. The third-order valence-electron chi connectivity index (χ3n) is 3.39. The van der Waals surface area contributed by atoms with Gasteiger partial charge in [0.1, 0.15) is 0 Å². The van der Waals surface area contributed by atoms with Crippen molar-refractivity contribution in [3.05, 3.63) is 24.3 Å². The van der Waals surface area contributed by atoms with E-state index in [-0.39, 0.29) is 36.0 Å². The van der Waals surface area contributed by atoms with Gasteiger partial charge >= 0.3 is 29.6 Å². The molecule has 0 fully saturated rings. The zero-order valence-corrected chi connectivity index (χ0v) is 16.3. The van der Waals surface area contributed by atoms with Crippen LogP contribution in [0.15, 0.2) is 24.3 Å². The van der Waals surface area contributed by atoms with Crippen molar-refractivity contribution in [2.45, 2.75) is 77.0 Å². The van der Waals surface area contributed by atoms with E-state index in [4.69, 9.17) is 5.11 Å². The van der Waals surface area contributed by atoms with E-state index in [0.29, 0.717) is 6.61 Å². The van der Waals surface area contributed by atoms with Crippen LogP contribution in [-0.2, 0) is 4.79 Å². The first-order valence-corrected chi connectivity index (χ1v) is 8.38. The molecule has 0 radical (unpaired) electrons. The van der Waals surface area contributed by atoms with Crippen LogP contribution in [0.2, 0.25) is 0 Å². The summed E-state index contributed by atoms with van der Waals surface area (Å²) in [5.41, 5.74) is 0. The van der Waals surface area contributed by atoms with Crippen molar-refractivity contribution < 1.29 is 44.6 Å². The molecule has 0 amide bonds. The molecule has 0 aliphatic carbocycles. The quantitative estimate of drug-likeness (QED) is 0.272. The average Bonchev–Trinajstić information content (AvgIpc) is 2.46. The number of hydrogen-bond acceptors (Lipinski definition) is 3. The number of rotatable bonds is 15. The fourth-order valence-electron chi connectivity index (χ4n) is 2.12. The molecule has 0 aromatic carbocycles. The predicted octanol–water partition coefficient (Wildman–Crippen LogP) is 0.526. The number of allylic oxidation sites excluding steroid dienone is 4. The predicted molar refractivity (Wildman–Crippen MR) is 85.8 cm³/mol. The van der Waals surface area contributed by atoms with Crippen molar-refractivity contribution in [2.24, 2.45) is 0 Å². The van der Waals surface area contributed by atoms with E-state index < -0.39 is 5.97 Å². The van der Waals surface area contributed by atoms with Gasteiger partial charge in [0, 0.05) is 12.6 Å². The Kier molecular flexibility index (Phi) is 23.0.